The summed E-state index contributed by atoms with van der Waals surface area (Å²) in [7, 11) is 0. The normalized spacial score (nSPS) is 24.6. The van der Waals surface area contributed by atoms with Gasteiger partial charge in [0, 0.05) is 26.0 Å². The molecule has 2 aliphatic heterocycles. The number of fused-ring (bicyclic) bond motifs is 1. The molecule has 0 N–H and O–H groups in total. The lowest BCUT2D eigenvalue weighted by Crippen LogP contribution is -2.44. The molecule has 0 radical (unpaired) electrons. The zero-order valence-corrected chi connectivity index (χ0v) is 22.0. The Morgan fingerprint density at radius 2 is 2.00 bits per heavy atom. The topological polar surface area (TPSA) is 69.7 Å². The van der Waals surface area contributed by atoms with Crippen LogP contribution in [0.15, 0.2) is 12.1 Å². The maximum absolute atomic E-state index is 8.28. The van der Waals surface area contributed by atoms with E-state index in [1.165, 1.54) is 18.0 Å². The summed E-state index contributed by atoms with van der Waals surface area (Å²) in [6, 6.07) is 4.52. The van der Waals surface area contributed by atoms with E-state index in [-0.39, 0.29) is 12.3 Å². The van der Waals surface area contributed by atoms with Crippen LogP contribution in [-0.4, -0.2) is 51.5 Å². The van der Waals surface area contributed by atoms with Crippen molar-refractivity contribution in [2.45, 2.75) is 83.0 Å². The van der Waals surface area contributed by atoms with Crippen LogP contribution in [0.5, 0.6) is 0 Å². The van der Waals surface area contributed by atoms with Crippen LogP contribution in [0.1, 0.15) is 75.8 Å². The third kappa shape index (κ3) is 4.09. The summed E-state index contributed by atoms with van der Waals surface area (Å²) < 4.78 is 19.9. The number of aromatic nitrogens is 4. The molecule has 190 valence electrons. The zero-order valence-electron chi connectivity index (χ0n) is 21.2. The molecule has 0 bridgehead atoms. The van der Waals surface area contributed by atoms with Crippen molar-refractivity contribution in [3.05, 3.63) is 34.8 Å². The highest BCUT2D eigenvalue weighted by Gasteiger charge is 2.43. The minimum absolute atomic E-state index is 0.0750. The van der Waals surface area contributed by atoms with E-state index in [2.05, 4.69) is 28.8 Å². The van der Waals surface area contributed by atoms with Crippen LogP contribution in [0.4, 0.5) is 5.82 Å². The molecular formula is C27H34N6O2S. The highest BCUT2D eigenvalue weighted by molar-refractivity contribution is 7.13. The predicted octanol–water partition coefficient (Wildman–Crippen LogP) is 5.87. The Labute approximate surface area is 216 Å². The van der Waals surface area contributed by atoms with Gasteiger partial charge in [-0.1, -0.05) is 6.42 Å². The van der Waals surface area contributed by atoms with E-state index in [4.69, 9.17) is 30.5 Å². The fourth-order valence-corrected chi connectivity index (χ4v) is 6.98. The van der Waals surface area contributed by atoms with Crippen molar-refractivity contribution < 1.29 is 9.47 Å². The van der Waals surface area contributed by atoms with Crippen LogP contribution >= 0.6 is 11.5 Å². The Balaban J connectivity index is 1.55. The molecule has 3 aromatic rings. The number of morpholine rings is 1. The highest BCUT2D eigenvalue weighted by Crippen LogP contribution is 2.47. The molecule has 1 saturated carbocycles. The predicted molar refractivity (Wildman–Crippen MR) is 141 cm³/mol. The SMILES string of the molecule is [C-]#[N+]C1(c2cc(N3CCOC[C@H]3C)nc3c(-c4cc(C)nn4C4CCCCO4)nsc23)CCCCC1. The van der Waals surface area contributed by atoms with Gasteiger partial charge in [-0.05, 0) is 69.6 Å². The molecule has 0 spiro atoms. The van der Waals surface area contributed by atoms with Crippen molar-refractivity contribution in [3.8, 4) is 11.4 Å². The van der Waals surface area contributed by atoms with Gasteiger partial charge in [0.15, 0.2) is 6.23 Å². The maximum Gasteiger partial charge on any atom is 0.259 e. The van der Waals surface area contributed by atoms with E-state index in [1.807, 2.05) is 11.6 Å². The van der Waals surface area contributed by atoms with Crippen LogP contribution in [0.3, 0.4) is 0 Å². The molecule has 36 heavy (non-hydrogen) atoms. The summed E-state index contributed by atoms with van der Waals surface area (Å²) in [5.41, 5.74) is 4.24. The summed E-state index contributed by atoms with van der Waals surface area (Å²) >= 11 is 1.48. The summed E-state index contributed by atoms with van der Waals surface area (Å²) in [4.78, 5) is 11.9. The number of hydrogen-bond acceptors (Lipinski definition) is 7. The van der Waals surface area contributed by atoms with E-state index in [1.54, 1.807) is 0 Å². The van der Waals surface area contributed by atoms with Crippen LogP contribution < -0.4 is 4.90 Å². The van der Waals surface area contributed by atoms with E-state index >= 15 is 0 Å². The van der Waals surface area contributed by atoms with Gasteiger partial charge in [-0.3, -0.25) is 0 Å². The van der Waals surface area contributed by atoms with Crippen molar-refractivity contribution in [3.63, 3.8) is 0 Å². The number of ether oxygens (including phenoxy) is 2. The third-order valence-corrected chi connectivity index (χ3v) is 8.87. The van der Waals surface area contributed by atoms with E-state index < -0.39 is 5.54 Å². The van der Waals surface area contributed by atoms with Crippen LogP contribution in [-0.2, 0) is 15.0 Å². The highest BCUT2D eigenvalue weighted by atomic mass is 32.1. The van der Waals surface area contributed by atoms with Gasteiger partial charge >= 0.3 is 0 Å². The van der Waals surface area contributed by atoms with Gasteiger partial charge in [0.05, 0.1) is 40.9 Å². The van der Waals surface area contributed by atoms with Crippen LogP contribution in [0.25, 0.3) is 26.4 Å². The second kappa shape index (κ2) is 9.73. The lowest BCUT2D eigenvalue weighted by Gasteiger charge is -2.35. The van der Waals surface area contributed by atoms with Gasteiger partial charge in [-0.15, -0.1) is 0 Å². The lowest BCUT2D eigenvalue weighted by molar-refractivity contribution is -0.0385. The van der Waals surface area contributed by atoms with Crippen molar-refractivity contribution in [2.24, 2.45) is 0 Å². The first-order valence-electron chi connectivity index (χ1n) is 13.3. The smallest absolute Gasteiger partial charge is 0.259 e. The van der Waals surface area contributed by atoms with Crippen molar-refractivity contribution in [2.75, 3.05) is 31.3 Å². The van der Waals surface area contributed by atoms with Crippen molar-refractivity contribution in [1.82, 2.24) is 19.1 Å². The minimum atomic E-state index is -0.504. The average Bonchev–Trinajstić information content (AvgIpc) is 3.52. The summed E-state index contributed by atoms with van der Waals surface area (Å²) in [5, 5.41) is 4.82. The summed E-state index contributed by atoms with van der Waals surface area (Å²) in [6.45, 7) is 15.4. The standard InChI is InChI=1S/C27H34N6O2S/c1-18-15-21(33(30-18)23-9-5-8-13-35-23)24-25-26(36-31-24)20(27(28-3)10-6-4-7-11-27)16-22(29-25)32-12-14-34-17-19(32)2/h15-16,19,23H,4-14,17H2,1-2H3/t19-,23?/m1/s1. The first-order chi connectivity index (χ1) is 17.6. The molecule has 3 aromatic heterocycles. The Morgan fingerprint density at radius 3 is 2.75 bits per heavy atom. The minimum Gasteiger partial charge on any atom is -0.377 e. The molecule has 5 heterocycles. The fraction of sp³-hybridized carbons (Fsp3) is 0.630. The second-order valence-electron chi connectivity index (χ2n) is 10.5. The zero-order chi connectivity index (χ0) is 24.7. The molecule has 3 aliphatic rings. The van der Waals surface area contributed by atoms with Crippen LogP contribution in [0.2, 0.25) is 0 Å². The number of aryl methyl sites for hydroxylation is 1. The fourth-order valence-electron chi connectivity index (χ4n) is 6.04. The molecular weight excluding hydrogens is 472 g/mol. The summed E-state index contributed by atoms with van der Waals surface area (Å²) in [5.74, 6) is 0.931. The molecule has 8 nitrogen and oxygen atoms in total. The molecule has 0 amide bonds. The molecule has 3 fully saturated rings. The second-order valence-corrected chi connectivity index (χ2v) is 11.3. The molecule has 6 rings (SSSR count). The largest absolute Gasteiger partial charge is 0.377 e. The van der Waals surface area contributed by atoms with Crippen molar-refractivity contribution in [1.29, 1.82) is 0 Å². The molecule has 1 unspecified atom stereocenters. The Bertz CT molecular complexity index is 1280. The van der Waals surface area contributed by atoms with Gasteiger partial charge in [0.2, 0.25) is 0 Å². The lowest BCUT2D eigenvalue weighted by atomic mass is 9.77. The third-order valence-electron chi connectivity index (χ3n) is 8.00. The first-order valence-corrected chi connectivity index (χ1v) is 14.1. The Hall–Kier alpha value is -2.54. The van der Waals surface area contributed by atoms with Crippen molar-refractivity contribution >= 4 is 27.6 Å². The summed E-state index contributed by atoms with van der Waals surface area (Å²) in [6.07, 6.45) is 8.28. The monoisotopic (exact) mass is 506 g/mol. The average molecular weight is 507 g/mol. The van der Waals surface area contributed by atoms with E-state index in [9.17, 15) is 0 Å². The van der Waals surface area contributed by atoms with E-state index in [0.717, 1.165) is 96.8 Å². The number of nitrogens with zero attached hydrogens (tertiary/aromatic N) is 6. The Morgan fingerprint density at radius 1 is 1.14 bits per heavy atom. The van der Waals surface area contributed by atoms with Crippen LogP contribution in [0, 0.1) is 13.5 Å². The van der Waals surface area contributed by atoms with Gasteiger partial charge < -0.3 is 19.2 Å². The maximum atomic E-state index is 8.28. The Kier molecular flexibility index (Phi) is 6.44. The number of anilines is 1. The molecule has 1 aliphatic carbocycles. The molecule has 9 heteroatoms. The first kappa shape index (κ1) is 23.8. The number of rotatable bonds is 4. The number of pyridine rings is 1. The molecule has 0 aromatic carbocycles. The molecule has 2 atom stereocenters. The van der Waals surface area contributed by atoms with Gasteiger partial charge in [-0.25, -0.2) is 16.2 Å². The van der Waals surface area contributed by atoms with Gasteiger partial charge in [0.25, 0.3) is 5.54 Å². The van der Waals surface area contributed by atoms with E-state index in [0.29, 0.717) is 13.2 Å². The van der Waals surface area contributed by atoms with Gasteiger partial charge in [0.1, 0.15) is 17.0 Å². The quantitative estimate of drug-likeness (QED) is 0.413. The number of hydrogen-bond donors (Lipinski definition) is 0. The molecule has 2 saturated heterocycles. The van der Waals surface area contributed by atoms with Gasteiger partial charge in [-0.2, -0.15) is 9.47 Å².